The molecule has 0 bridgehead atoms. The second-order valence-corrected chi connectivity index (χ2v) is 5.77. The number of hydrogen-bond donors (Lipinski definition) is 1. The predicted molar refractivity (Wildman–Crippen MR) is 91.0 cm³/mol. The molecule has 0 aliphatic rings. The molecule has 122 valence electrons. The van der Waals surface area contributed by atoms with Crippen LogP contribution in [0.3, 0.4) is 0 Å². The number of ether oxygens (including phenoxy) is 2. The minimum atomic E-state index is -0.342. The van der Waals surface area contributed by atoms with E-state index in [1.165, 1.54) is 12.3 Å². The number of hydrogen-bond acceptors (Lipinski definition) is 4. The maximum Gasteiger partial charge on any atom is 0.255 e. The van der Waals surface area contributed by atoms with Gasteiger partial charge in [-0.05, 0) is 32.0 Å². The van der Waals surface area contributed by atoms with Crippen molar-refractivity contribution in [3.63, 3.8) is 0 Å². The van der Waals surface area contributed by atoms with E-state index >= 15 is 0 Å². The van der Waals surface area contributed by atoms with Crippen LogP contribution in [0.4, 0.5) is 5.69 Å². The number of halogens is 2. The van der Waals surface area contributed by atoms with E-state index < -0.39 is 0 Å². The zero-order valence-corrected chi connectivity index (χ0v) is 14.4. The molecule has 23 heavy (non-hydrogen) atoms. The monoisotopic (exact) mass is 354 g/mol. The van der Waals surface area contributed by atoms with E-state index in [0.717, 1.165) is 0 Å². The van der Waals surface area contributed by atoms with E-state index in [0.29, 0.717) is 27.8 Å². The van der Waals surface area contributed by atoms with Gasteiger partial charge in [-0.2, -0.15) is 0 Å². The van der Waals surface area contributed by atoms with Crippen LogP contribution in [0.2, 0.25) is 10.2 Å². The Labute approximate surface area is 144 Å². The van der Waals surface area contributed by atoms with Gasteiger partial charge in [-0.3, -0.25) is 4.79 Å². The minimum Gasteiger partial charge on any atom is -0.493 e. The lowest BCUT2D eigenvalue weighted by Gasteiger charge is -2.15. The van der Waals surface area contributed by atoms with Crippen LogP contribution in [-0.4, -0.2) is 24.1 Å². The highest BCUT2D eigenvalue weighted by atomic mass is 35.5. The van der Waals surface area contributed by atoms with Gasteiger partial charge in [0.05, 0.1) is 23.9 Å². The normalized spacial score (nSPS) is 10.5. The smallest absolute Gasteiger partial charge is 0.255 e. The van der Waals surface area contributed by atoms with E-state index in [4.69, 9.17) is 32.7 Å². The van der Waals surface area contributed by atoms with Gasteiger partial charge in [0.2, 0.25) is 0 Å². The Morgan fingerprint density at radius 1 is 1.22 bits per heavy atom. The summed E-state index contributed by atoms with van der Waals surface area (Å²) in [4.78, 5) is 16.2. The van der Waals surface area contributed by atoms with Crippen LogP contribution < -0.4 is 14.8 Å². The van der Waals surface area contributed by atoms with Crippen molar-refractivity contribution < 1.29 is 14.3 Å². The van der Waals surface area contributed by atoms with Crippen molar-refractivity contribution in [2.24, 2.45) is 0 Å². The molecule has 0 saturated heterocycles. The Morgan fingerprint density at radius 2 is 1.96 bits per heavy atom. The first-order valence-electron chi connectivity index (χ1n) is 6.87. The largest absolute Gasteiger partial charge is 0.493 e. The topological polar surface area (TPSA) is 60.5 Å². The number of anilines is 1. The lowest BCUT2D eigenvalue weighted by Crippen LogP contribution is -2.13. The molecule has 0 aliphatic heterocycles. The molecule has 1 amide bonds. The number of nitrogens with one attached hydrogen (secondary N) is 1. The third kappa shape index (κ3) is 4.50. The molecule has 0 spiro atoms. The second kappa shape index (κ2) is 7.53. The number of methoxy groups -OCH3 is 1. The van der Waals surface area contributed by atoms with Gasteiger partial charge in [-0.1, -0.05) is 23.2 Å². The van der Waals surface area contributed by atoms with Gasteiger partial charge in [0.15, 0.2) is 11.5 Å². The average Bonchev–Trinajstić information content (AvgIpc) is 2.50. The number of carbonyl (C=O) groups is 1. The third-order valence-electron chi connectivity index (χ3n) is 2.86. The second-order valence-electron chi connectivity index (χ2n) is 4.97. The van der Waals surface area contributed by atoms with Crippen molar-refractivity contribution in [1.82, 2.24) is 4.98 Å². The Bertz CT molecular complexity index is 720. The average molecular weight is 355 g/mol. The van der Waals surface area contributed by atoms with Crippen molar-refractivity contribution in [3.8, 4) is 11.5 Å². The maximum absolute atomic E-state index is 12.4. The zero-order valence-electron chi connectivity index (χ0n) is 12.9. The summed E-state index contributed by atoms with van der Waals surface area (Å²) in [6.45, 7) is 3.79. The SMILES string of the molecule is COc1ccc(C(=O)Nc2cc(Cl)ncc2Cl)cc1OC(C)C. The van der Waals surface area contributed by atoms with E-state index in [1.807, 2.05) is 13.8 Å². The number of pyridine rings is 1. The van der Waals surface area contributed by atoms with Crippen molar-refractivity contribution in [1.29, 1.82) is 0 Å². The molecular formula is C16H16Cl2N2O3. The Hall–Kier alpha value is -1.98. The molecule has 0 atom stereocenters. The summed E-state index contributed by atoms with van der Waals surface area (Å²) in [5.74, 6) is 0.708. The molecule has 1 N–H and O–H groups in total. The molecule has 2 aromatic rings. The number of carbonyl (C=O) groups excluding carboxylic acids is 1. The summed E-state index contributed by atoms with van der Waals surface area (Å²) in [5, 5.41) is 3.23. The van der Waals surface area contributed by atoms with Crippen molar-refractivity contribution >= 4 is 34.8 Å². The number of benzene rings is 1. The van der Waals surface area contributed by atoms with E-state index in [2.05, 4.69) is 10.3 Å². The van der Waals surface area contributed by atoms with Crippen LogP contribution in [0, 0.1) is 0 Å². The molecule has 5 nitrogen and oxygen atoms in total. The van der Waals surface area contributed by atoms with E-state index in [1.54, 1.807) is 25.3 Å². The van der Waals surface area contributed by atoms with Gasteiger partial charge in [-0.25, -0.2) is 4.98 Å². The van der Waals surface area contributed by atoms with Gasteiger partial charge in [0, 0.05) is 17.8 Å². The number of rotatable bonds is 5. The minimum absolute atomic E-state index is 0.0457. The summed E-state index contributed by atoms with van der Waals surface area (Å²) in [6, 6.07) is 6.41. The molecule has 0 saturated carbocycles. The number of aromatic nitrogens is 1. The van der Waals surface area contributed by atoms with Gasteiger partial charge in [0.25, 0.3) is 5.91 Å². The fourth-order valence-electron chi connectivity index (χ4n) is 1.87. The van der Waals surface area contributed by atoms with Gasteiger partial charge >= 0.3 is 0 Å². The molecular weight excluding hydrogens is 339 g/mol. The highest BCUT2D eigenvalue weighted by molar-refractivity contribution is 6.35. The summed E-state index contributed by atoms with van der Waals surface area (Å²) < 4.78 is 10.9. The summed E-state index contributed by atoms with van der Waals surface area (Å²) in [6.07, 6.45) is 1.33. The molecule has 7 heteroatoms. The summed E-state index contributed by atoms with van der Waals surface area (Å²) >= 11 is 11.8. The van der Waals surface area contributed by atoms with Crippen molar-refractivity contribution in [2.45, 2.75) is 20.0 Å². The lowest BCUT2D eigenvalue weighted by atomic mass is 10.2. The standard InChI is InChI=1S/C16H16Cl2N2O3/c1-9(2)23-14-6-10(4-5-13(14)22-3)16(21)20-12-7-15(18)19-8-11(12)17/h4-9H,1-3H3,(H,19,20,21). The molecule has 0 aliphatic carbocycles. The molecule has 2 rings (SSSR count). The maximum atomic E-state index is 12.4. The summed E-state index contributed by atoms with van der Waals surface area (Å²) in [5.41, 5.74) is 0.796. The highest BCUT2D eigenvalue weighted by Gasteiger charge is 2.14. The molecule has 0 unspecified atom stereocenters. The van der Waals surface area contributed by atoms with Gasteiger partial charge in [0.1, 0.15) is 5.15 Å². The first-order chi connectivity index (χ1) is 10.9. The molecule has 1 aromatic heterocycles. The zero-order chi connectivity index (χ0) is 17.0. The lowest BCUT2D eigenvalue weighted by molar-refractivity contribution is 0.102. The Balaban J connectivity index is 2.27. The van der Waals surface area contributed by atoms with Gasteiger partial charge < -0.3 is 14.8 Å². The van der Waals surface area contributed by atoms with E-state index in [-0.39, 0.29) is 17.2 Å². The molecule has 0 fully saturated rings. The van der Waals surface area contributed by atoms with E-state index in [9.17, 15) is 4.79 Å². The number of nitrogens with zero attached hydrogens (tertiary/aromatic N) is 1. The van der Waals surface area contributed by atoms with Gasteiger partial charge in [-0.15, -0.1) is 0 Å². The van der Waals surface area contributed by atoms with Crippen LogP contribution in [0.5, 0.6) is 11.5 Å². The van der Waals surface area contributed by atoms with Crippen LogP contribution in [0.25, 0.3) is 0 Å². The fourth-order valence-corrected chi connectivity index (χ4v) is 2.18. The van der Waals surface area contributed by atoms with Crippen LogP contribution in [-0.2, 0) is 0 Å². The van der Waals surface area contributed by atoms with Crippen LogP contribution >= 0.6 is 23.2 Å². The predicted octanol–water partition coefficient (Wildman–Crippen LogP) is 4.44. The highest BCUT2D eigenvalue weighted by Crippen LogP contribution is 2.30. The number of amides is 1. The Morgan fingerprint density at radius 3 is 2.61 bits per heavy atom. The summed E-state index contributed by atoms with van der Waals surface area (Å²) in [7, 11) is 1.54. The molecule has 1 aromatic carbocycles. The Kier molecular flexibility index (Phi) is 5.69. The molecule has 1 heterocycles. The quantitative estimate of drug-likeness (QED) is 0.806. The fraction of sp³-hybridized carbons (Fsp3) is 0.250. The van der Waals surface area contributed by atoms with Crippen LogP contribution in [0.1, 0.15) is 24.2 Å². The first-order valence-corrected chi connectivity index (χ1v) is 7.63. The molecule has 0 radical (unpaired) electrons. The third-order valence-corrected chi connectivity index (χ3v) is 3.37. The van der Waals surface area contributed by atoms with Crippen molar-refractivity contribution in [3.05, 3.63) is 46.2 Å². The van der Waals surface area contributed by atoms with Crippen molar-refractivity contribution in [2.75, 3.05) is 12.4 Å². The first kappa shape index (κ1) is 17.4. The van der Waals surface area contributed by atoms with Crippen LogP contribution in [0.15, 0.2) is 30.5 Å².